The first-order chi connectivity index (χ1) is 7.15. The molecule has 0 spiro atoms. The van der Waals surface area contributed by atoms with Crippen LogP contribution in [0.25, 0.3) is 0 Å². The molecule has 1 N–H and O–H groups in total. The normalized spacial score (nSPS) is 27.0. The van der Waals surface area contributed by atoms with Gasteiger partial charge in [-0.25, -0.2) is 0 Å². The second-order valence-electron chi connectivity index (χ2n) is 4.89. The number of rotatable bonds is 2. The molecule has 84 valence electrons. The minimum atomic E-state index is 0.560. The highest BCUT2D eigenvalue weighted by Crippen LogP contribution is 2.34. The van der Waals surface area contributed by atoms with Gasteiger partial charge in [-0.1, -0.05) is 6.92 Å². The molecule has 15 heavy (non-hydrogen) atoms. The molecule has 2 nitrogen and oxygen atoms in total. The van der Waals surface area contributed by atoms with Crippen molar-refractivity contribution in [1.82, 2.24) is 9.88 Å². The summed E-state index contributed by atoms with van der Waals surface area (Å²) < 4.78 is 0. The molecule has 0 aromatic carbocycles. The van der Waals surface area contributed by atoms with Gasteiger partial charge in [-0.05, 0) is 38.8 Å². The zero-order valence-electron chi connectivity index (χ0n) is 10.2. The standard InChI is InChI=1S/C13H22N2/c1-5-11-8-13-12(6-7-14-13)10(4)15(11)9(2)3/h6-7,9-11,14H,5,8H2,1-4H3/t10-,11-/m0/s1. The number of hydrogen-bond acceptors (Lipinski definition) is 1. The molecule has 0 radical (unpaired) electrons. The van der Waals surface area contributed by atoms with E-state index < -0.39 is 0 Å². The van der Waals surface area contributed by atoms with Gasteiger partial charge in [0.25, 0.3) is 0 Å². The average Bonchev–Trinajstić information content (AvgIpc) is 2.64. The molecule has 2 atom stereocenters. The number of H-pyrrole nitrogens is 1. The Labute approximate surface area is 92.7 Å². The lowest BCUT2D eigenvalue weighted by atomic mass is 9.91. The summed E-state index contributed by atoms with van der Waals surface area (Å²) in [5.74, 6) is 0. The number of fused-ring (bicyclic) bond motifs is 1. The van der Waals surface area contributed by atoms with Gasteiger partial charge < -0.3 is 4.98 Å². The minimum Gasteiger partial charge on any atom is -0.365 e. The van der Waals surface area contributed by atoms with Crippen molar-refractivity contribution in [2.45, 2.75) is 58.7 Å². The molecular formula is C13H22N2. The van der Waals surface area contributed by atoms with Crippen LogP contribution in [0.4, 0.5) is 0 Å². The highest BCUT2D eigenvalue weighted by Gasteiger charge is 2.32. The summed E-state index contributed by atoms with van der Waals surface area (Å²) in [6.45, 7) is 9.23. The molecular weight excluding hydrogens is 184 g/mol. The summed E-state index contributed by atoms with van der Waals surface area (Å²) in [5, 5.41) is 0. The van der Waals surface area contributed by atoms with Crippen LogP contribution < -0.4 is 0 Å². The van der Waals surface area contributed by atoms with Crippen LogP contribution >= 0.6 is 0 Å². The molecule has 0 fully saturated rings. The van der Waals surface area contributed by atoms with Gasteiger partial charge in [0.05, 0.1) is 0 Å². The van der Waals surface area contributed by atoms with Crippen LogP contribution in [0, 0.1) is 0 Å². The summed E-state index contributed by atoms with van der Waals surface area (Å²) in [4.78, 5) is 6.03. The molecule has 1 aromatic heterocycles. The third-order valence-electron chi connectivity index (χ3n) is 3.70. The van der Waals surface area contributed by atoms with E-state index in [0.717, 1.165) is 0 Å². The van der Waals surface area contributed by atoms with E-state index in [0.29, 0.717) is 18.1 Å². The molecule has 0 saturated heterocycles. The van der Waals surface area contributed by atoms with Crippen LogP contribution in [-0.4, -0.2) is 22.0 Å². The van der Waals surface area contributed by atoms with Gasteiger partial charge >= 0.3 is 0 Å². The van der Waals surface area contributed by atoms with E-state index in [9.17, 15) is 0 Å². The zero-order valence-corrected chi connectivity index (χ0v) is 10.2. The molecule has 0 saturated carbocycles. The van der Waals surface area contributed by atoms with Crippen molar-refractivity contribution in [2.75, 3.05) is 0 Å². The van der Waals surface area contributed by atoms with Gasteiger partial charge in [0.15, 0.2) is 0 Å². The van der Waals surface area contributed by atoms with Crippen molar-refractivity contribution in [3.05, 3.63) is 23.5 Å². The van der Waals surface area contributed by atoms with E-state index in [1.54, 1.807) is 0 Å². The molecule has 0 bridgehead atoms. The fraction of sp³-hybridized carbons (Fsp3) is 0.692. The Morgan fingerprint density at radius 3 is 2.87 bits per heavy atom. The molecule has 2 heterocycles. The Hall–Kier alpha value is -0.760. The Morgan fingerprint density at radius 1 is 1.53 bits per heavy atom. The Kier molecular flexibility index (Phi) is 2.87. The van der Waals surface area contributed by atoms with E-state index in [1.165, 1.54) is 24.1 Å². The predicted octanol–water partition coefficient (Wildman–Crippen LogP) is 3.12. The van der Waals surface area contributed by atoms with E-state index in [4.69, 9.17) is 0 Å². The maximum absolute atomic E-state index is 3.39. The van der Waals surface area contributed by atoms with Crippen molar-refractivity contribution in [2.24, 2.45) is 0 Å². The van der Waals surface area contributed by atoms with Crippen LogP contribution in [0.1, 0.15) is 51.4 Å². The first-order valence-electron chi connectivity index (χ1n) is 6.08. The van der Waals surface area contributed by atoms with Gasteiger partial charge in [0.2, 0.25) is 0 Å². The second-order valence-corrected chi connectivity index (χ2v) is 4.89. The average molecular weight is 206 g/mol. The highest BCUT2D eigenvalue weighted by atomic mass is 15.2. The molecule has 0 amide bonds. The summed E-state index contributed by atoms with van der Waals surface area (Å²) in [6.07, 6.45) is 4.50. The van der Waals surface area contributed by atoms with Crippen molar-refractivity contribution >= 4 is 0 Å². The van der Waals surface area contributed by atoms with Crippen LogP contribution in [0.15, 0.2) is 12.3 Å². The van der Waals surface area contributed by atoms with Crippen molar-refractivity contribution < 1.29 is 0 Å². The largest absolute Gasteiger partial charge is 0.365 e. The predicted molar refractivity (Wildman–Crippen MR) is 64.0 cm³/mol. The molecule has 1 aliphatic rings. The smallest absolute Gasteiger partial charge is 0.0343 e. The number of nitrogens with one attached hydrogen (secondary N) is 1. The minimum absolute atomic E-state index is 0.560. The number of nitrogens with zero attached hydrogens (tertiary/aromatic N) is 1. The van der Waals surface area contributed by atoms with Gasteiger partial charge in [-0.15, -0.1) is 0 Å². The Balaban J connectivity index is 2.33. The van der Waals surface area contributed by atoms with Crippen LogP contribution in [0.3, 0.4) is 0 Å². The first kappa shape index (κ1) is 10.7. The molecule has 0 unspecified atom stereocenters. The lowest BCUT2D eigenvalue weighted by Crippen LogP contribution is -2.46. The van der Waals surface area contributed by atoms with Crippen molar-refractivity contribution in [3.8, 4) is 0 Å². The van der Waals surface area contributed by atoms with E-state index >= 15 is 0 Å². The fourth-order valence-electron chi connectivity index (χ4n) is 3.03. The topological polar surface area (TPSA) is 19.0 Å². The van der Waals surface area contributed by atoms with Crippen molar-refractivity contribution in [1.29, 1.82) is 0 Å². The molecule has 2 heteroatoms. The molecule has 2 rings (SSSR count). The van der Waals surface area contributed by atoms with Crippen LogP contribution in [-0.2, 0) is 6.42 Å². The highest BCUT2D eigenvalue weighted by molar-refractivity contribution is 5.28. The fourth-order valence-corrected chi connectivity index (χ4v) is 3.03. The lowest BCUT2D eigenvalue weighted by Gasteiger charge is -2.43. The molecule has 0 aliphatic carbocycles. The molecule has 1 aromatic rings. The zero-order chi connectivity index (χ0) is 11.0. The monoisotopic (exact) mass is 206 g/mol. The number of aromatic nitrogens is 1. The van der Waals surface area contributed by atoms with E-state index in [1.807, 2.05) is 0 Å². The third-order valence-corrected chi connectivity index (χ3v) is 3.70. The second kappa shape index (κ2) is 4.01. The van der Waals surface area contributed by atoms with Crippen LogP contribution in [0.5, 0.6) is 0 Å². The maximum atomic E-state index is 3.39. The summed E-state index contributed by atoms with van der Waals surface area (Å²) >= 11 is 0. The van der Waals surface area contributed by atoms with Crippen molar-refractivity contribution in [3.63, 3.8) is 0 Å². The summed E-state index contributed by atoms with van der Waals surface area (Å²) in [5.41, 5.74) is 2.94. The van der Waals surface area contributed by atoms with Gasteiger partial charge in [0, 0.05) is 36.4 Å². The molecule has 1 aliphatic heterocycles. The van der Waals surface area contributed by atoms with Gasteiger partial charge in [-0.2, -0.15) is 0 Å². The number of hydrogen-bond donors (Lipinski definition) is 1. The van der Waals surface area contributed by atoms with E-state index in [2.05, 4.69) is 49.8 Å². The summed E-state index contributed by atoms with van der Waals surface area (Å²) in [6, 6.07) is 4.13. The SMILES string of the molecule is CC[C@H]1Cc2[nH]ccc2[C@H](C)N1C(C)C. The lowest BCUT2D eigenvalue weighted by molar-refractivity contribution is 0.0863. The summed E-state index contributed by atoms with van der Waals surface area (Å²) in [7, 11) is 0. The van der Waals surface area contributed by atoms with E-state index in [-0.39, 0.29) is 0 Å². The Morgan fingerprint density at radius 2 is 2.27 bits per heavy atom. The third kappa shape index (κ3) is 1.71. The number of aromatic amines is 1. The van der Waals surface area contributed by atoms with Gasteiger partial charge in [0.1, 0.15) is 0 Å². The maximum Gasteiger partial charge on any atom is 0.0343 e. The quantitative estimate of drug-likeness (QED) is 0.787. The van der Waals surface area contributed by atoms with Crippen LogP contribution in [0.2, 0.25) is 0 Å². The Bertz CT molecular complexity index is 327. The van der Waals surface area contributed by atoms with Gasteiger partial charge in [-0.3, -0.25) is 4.90 Å². The first-order valence-corrected chi connectivity index (χ1v) is 6.08.